The minimum atomic E-state index is 0. The van der Waals surface area contributed by atoms with Crippen molar-refractivity contribution in [2.24, 2.45) is 11.8 Å². The number of ether oxygens (including phenoxy) is 1. The lowest BCUT2D eigenvalue weighted by molar-refractivity contribution is 0.0895. The first-order valence-electron chi connectivity index (χ1n) is 9.31. The van der Waals surface area contributed by atoms with Gasteiger partial charge in [0.05, 0.1) is 6.61 Å². The van der Waals surface area contributed by atoms with E-state index in [0.717, 1.165) is 56.2 Å². The lowest BCUT2D eigenvalue weighted by Crippen LogP contribution is -2.31. The molecular weight excluding hydrogens is 357 g/mol. The van der Waals surface area contributed by atoms with Crippen LogP contribution in [0.15, 0.2) is 24.3 Å². The van der Waals surface area contributed by atoms with Gasteiger partial charge in [-0.05, 0) is 62.5 Å². The maximum Gasteiger partial charge on any atom is 0.166 e. The molecule has 0 radical (unpaired) electrons. The van der Waals surface area contributed by atoms with Crippen molar-refractivity contribution >= 4 is 30.6 Å². The van der Waals surface area contributed by atoms with Gasteiger partial charge < -0.3 is 10.1 Å². The molecule has 1 aliphatic carbocycles. The third-order valence-corrected chi connectivity index (χ3v) is 5.37. The summed E-state index contributed by atoms with van der Waals surface area (Å²) in [6.07, 6.45) is 9.99. The molecule has 1 saturated heterocycles. The molecule has 1 N–H and O–H groups in total. The van der Waals surface area contributed by atoms with Gasteiger partial charge in [-0.25, -0.2) is 0 Å². The highest BCUT2D eigenvalue weighted by atomic mass is 35.5. The summed E-state index contributed by atoms with van der Waals surface area (Å²) in [5, 5.41) is 3.31. The lowest BCUT2D eigenvalue weighted by Gasteiger charge is -2.22. The number of rotatable bonds is 6. The van der Waals surface area contributed by atoms with Crippen molar-refractivity contribution in [3.63, 3.8) is 0 Å². The summed E-state index contributed by atoms with van der Waals surface area (Å²) in [4.78, 5) is 12.5. The molecule has 3 rings (SSSR count). The Kier molecular flexibility index (Phi) is 10.5. The van der Waals surface area contributed by atoms with Gasteiger partial charge in [0.25, 0.3) is 0 Å². The van der Waals surface area contributed by atoms with Gasteiger partial charge in [0, 0.05) is 11.5 Å². The summed E-state index contributed by atoms with van der Waals surface area (Å²) in [7, 11) is 0. The molecule has 1 aromatic rings. The average Bonchev–Trinajstić information content (AvgIpc) is 2.63. The number of piperidine rings is 1. The van der Waals surface area contributed by atoms with Crippen LogP contribution in [0.2, 0.25) is 0 Å². The van der Waals surface area contributed by atoms with Crippen LogP contribution in [-0.4, -0.2) is 25.5 Å². The van der Waals surface area contributed by atoms with Crippen molar-refractivity contribution in [2.75, 3.05) is 19.7 Å². The topological polar surface area (TPSA) is 38.3 Å². The number of benzene rings is 1. The lowest BCUT2D eigenvalue weighted by atomic mass is 9.87. The molecule has 142 valence electrons. The van der Waals surface area contributed by atoms with E-state index in [1.807, 2.05) is 24.3 Å². The van der Waals surface area contributed by atoms with Gasteiger partial charge in [-0.3, -0.25) is 4.79 Å². The van der Waals surface area contributed by atoms with Gasteiger partial charge in [0.15, 0.2) is 5.78 Å². The van der Waals surface area contributed by atoms with E-state index in [1.54, 1.807) is 0 Å². The fourth-order valence-corrected chi connectivity index (χ4v) is 3.85. The molecule has 2 fully saturated rings. The molecule has 3 nitrogen and oxygen atoms in total. The molecule has 0 bridgehead atoms. The fourth-order valence-electron chi connectivity index (χ4n) is 3.85. The number of halogens is 2. The van der Waals surface area contributed by atoms with E-state index >= 15 is 0 Å². The summed E-state index contributed by atoms with van der Waals surface area (Å²) in [5.74, 6) is 2.22. The minimum absolute atomic E-state index is 0. The van der Waals surface area contributed by atoms with Crippen LogP contribution < -0.4 is 10.1 Å². The van der Waals surface area contributed by atoms with Crippen LogP contribution in [0.5, 0.6) is 5.75 Å². The summed E-state index contributed by atoms with van der Waals surface area (Å²) >= 11 is 0. The molecule has 0 aromatic heterocycles. The Hall–Kier alpha value is -0.770. The van der Waals surface area contributed by atoms with Gasteiger partial charge in [0.2, 0.25) is 0 Å². The first kappa shape index (κ1) is 22.3. The van der Waals surface area contributed by atoms with Gasteiger partial charge >= 0.3 is 0 Å². The Labute approximate surface area is 164 Å². The molecule has 0 unspecified atom stereocenters. The van der Waals surface area contributed by atoms with E-state index in [2.05, 4.69) is 5.32 Å². The van der Waals surface area contributed by atoms with Crippen LogP contribution in [-0.2, 0) is 0 Å². The smallest absolute Gasteiger partial charge is 0.166 e. The number of nitrogens with one attached hydrogen (secondary N) is 1. The van der Waals surface area contributed by atoms with Gasteiger partial charge in [-0.2, -0.15) is 0 Å². The van der Waals surface area contributed by atoms with Crippen molar-refractivity contribution < 1.29 is 9.53 Å². The van der Waals surface area contributed by atoms with Crippen LogP contribution in [0.4, 0.5) is 0 Å². The molecule has 25 heavy (non-hydrogen) atoms. The highest BCUT2D eigenvalue weighted by Gasteiger charge is 2.22. The number of Topliss-reactive ketones (excluding diaryl/α,β-unsaturated/α-hetero) is 1. The fraction of sp³-hybridized carbons (Fsp3) is 0.650. The number of carbonyl (C=O) groups excluding carboxylic acids is 1. The zero-order valence-electron chi connectivity index (χ0n) is 14.9. The van der Waals surface area contributed by atoms with E-state index in [-0.39, 0.29) is 30.7 Å². The van der Waals surface area contributed by atoms with Gasteiger partial charge in [-0.1, -0.05) is 32.1 Å². The second-order valence-electron chi connectivity index (χ2n) is 7.05. The number of carbonyl (C=O) groups is 1. The van der Waals surface area contributed by atoms with Gasteiger partial charge in [-0.15, -0.1) is 24.8 Å². The molecule has 0 atom stereocenters. The van der Waals surface area contributed by atoms with E-state index in [4.69, 9.17) is 4.74 Å². The normalized spacial score (nSPS) is 18.7. The third-order valence-electron chi connectivity index (χ3n) is 5.37. The third kappa shape index (κ3) is 6.80. The second-order valence-corrected chi connectivity index (χ2v) is 7.05. The molecule has 1 heterocycles. The SMILES string of the molecule is Cl.Cl.O=C(c1ccc(OCCC2CCCCC2)cc1)C1CCNCC1. The molecule has 1 aliphatic heterocycles. The van der Waals surface area contributed by atoms with Crippen LogP contribution in [0.25, 0.3) is 0 Å². The second kappa shape index (κ2) is 11.8. The Morgan fingerprint density at radius 2 is 1.60 bits per heavy atom. The first-order chi connectivity index (χ1) is 11.3. The van der Waals surface area contributed by atoms with E-state index in [9.17, 15) is 4.79 Å². The van der Waals surface area contributed by atoms with Crippen LogP contribution in [0, 0.1) is 11.8 Å². The quantitative estimate of drug-likeness (QED) is 0.692. The predicted molar refractivity (Wildman–Crippen MR) is 108 cm³/mol. The molecule has 2 aliphatic rings. The van der Waals surface area contributed by atoms with E-state index < -0.39 is 0 Å². The molecule has 0 spiro atoms. The predicted octanol–water partition coefficient (Wildman–Crippen LogP) is 5.06. The summed E-state index contributed by atoms with van der Waals surface area (Å²) < 4.78 is 5.87. The summed E-state index contributed by atoms with van der Waals surface area (Å²) in [6, 6.07) is 7.77. The maximum atomic E-state index is 12.5. The number of hydrogen-bond donors (Lipinski definition) is 1. The van der Waals surface area contributed by atoms with E-state index in [1.165, 1.54) is 32.1 Å². The molecular formula is C20H31Cl2NO2. The zero-order chi connectivity index (χ0) is 15.9. The number of hydrogen-bond acceptors (Lipinski definition) is 3. The molecule has 5 heteroatoms. The monoisotopic (exact) mass is 387 g/mol. The van der Waals surface area contributed by atoms with Crippen molar-refractivity contribution in [1.82, 2.24) is 5.32 Å². The van der Waals surface area contributed by atoms with E-state index in [0.29, 0.717) is 5.78 Å². The van der Waals surface area contributed by atoms with Crippen LogP contribution >= 0.6 is 24.8 Å². The molecule has 0 amide bonds. The van der Waals surface area contributed by atoms with Crippen molar-refractivity contribution in [2.45, 2.75) is 51.4 Å². The van der Waals surface area contributed by atoms with Crippen molar-refractivity contribution in [1.29, 1.82) is 0 Å². The first-order valence-corrected chi connectivity index (χ1v) is 9.31. The number of ketones is 1. The Balaban J connectivity index is 0.00000156. The minimum Gasteiger partial charge on any atom is -0.494 e. The molecule has 1 aromatic carbocycles. The van der Waals surface area contributed by atoms with Gasteiger partial charge in [0.1, 0.15) is 5.75 Å². The standard InChI is InChI=1S/C20H29NO2.2ClH/c22-20(18-10-13-21-14-11-18)17-6-8-19(9-7-17)23-15-12-16-4-2-1-3-5-16;;/h6-9,16,18,21H,1-5,10-15H2;2*1H. The Bertz CT molecular complexity index is 495. The largest absolute Gasteiger partial charge is 0.494 e. The van der Waals surface area contributed by atoms with Crippen LogP contribution in [0.3, 0.4) is 0 Å². The van der Waals surface area contributed by atoms with Crippen molar-refractivity contribution in [3.05, 3.63) is 29.8 Å². The highest BCUT2D eigenvalue weighted by Crippen LogP contribution is 2.26. The Morgan fingerprint density at radius 3 is 2.24 bits per heavy atom. The summed E-state index contributed by atoms with van der Waals surface area (Å²) in [5.41, 5.74) is 0.830. The Morgan fingerprint density at radius 1 is 0.960 bits per heavy atom. The average molecular weight is 388 g/mol. The maximum absolute atomic E-state index is 12.5. The van der Waals surface area contributed by atoms with Crippen molar-refractivity contribution in [3.8, 4) is 5.75 Å². The zero-order valence-corrected chi connectivity index (χ0v) is 16.5. The van der Waals surface area contributed by atoms with Crippen LogP contribution in [0.1, 0.15) is 61.7 Å². The molecule has 1 saturated carbocycles. The summed E-state index contributed by atoms with van der Waals surface area (Å²) in [6.45, 7) is 2.71. The highest BCUT2D eigenvalue weighted by molar-refractivity contribution is 5.98.